The lowest BCUT2D eigenvalue weighted by atomic mass is 10.3. The Morgan fingerprint density at radius 3 is 2.75 bits per heavy atom. The molecule has 2 N–H and O–H groups in total. The van der Waals surface area contributed by atoms with Crippen molar-refractivity contribution in [2.24, 2.45) is 0 Å². The van der Waals surface area contributed by atoms with Gasteiger partial charge in [-0.1, -0.05) is 0 Å². The van der Waals surface area contributed by atoms with Crippen LogP contribution in [0.4, 0.5) is 11.8 Å². The van der Waals surface area contributed by atoms with Gasteiger partial charge in [-0.2, -0.15) is 15.3 Å². The number of nitrogen functional groups attached to an aromatic ring is 1. The van der Waals surface area contributed by atoms with Crippen molar-refractivity contribution in [1.29, 1.82) is 5.26 Å². The largest absolute Gasteiger partial charge is 0.382 e. The van der Waals surface area contributed by atoms with E-state index in [-0.39, 0.29) is 11.4 Å². The second-order valence-electron chi connectivity index (χ2n) is 4.86. The highest BCUT2D eigenvalue weighted by atomic mass is 15.3. The van der Waals surface area contributed by atoms with E-state index in [2.05, 4.69) is 28.9 Å². The molecule has 0 atom stereocenters. The van der Waals surface area contributed by atoms with Crippen molar-refractivity contribution in [2.45, 2.75) is 26.4 Å². The third-order valence-electron chi connectivity index (χ3n) is 2.87. The minimum Gasteiger partial charge on any atom is -0.382 e. The highest BCUT2D eigenvalue weighted by Crippen LogP contribution is 2.14. The first-order valence-electron chi connectivity index (χ1n) is 6.28. The summed E-state index contributed by atoms with van der Waals surface area (Å²) >= 11 is 0. The van der Waals surface area contributed by atoms with Crippen molar-refractivity contribution in [3.05, 3.63) is 29.7 Å². The van der Waals surface area contributed by atoms with Gasteiger partial charge in [0.25, 0.3) is 0 Å². The minimum absolute atomic E-state index is 0.197. The number of hydrogen-bond donors (Lipinski definition) is 1. The fraction of sp³-hybridized carbons (Fsp3) is 0.385. The number of anilines is 2. The van der Waals surface area contributed by atoms with Crippen LogP contribution in [-0.2, 0) is 6.54 Å². The van der Waals surface area contributed by atoms with E-state index in [4.69, 9.17) is 11.0 Å². The molecule has 0 aliphatic rings. The minimum atomic E-state index is 0.197. The molecule has 2 aromatic rings. The summed E-state index contributed by atoms with van der Waals surface area (Å²) in [7, 11) is 1.87. The standard InChI is InChI=1S/C13H17N7/c1-9(2)20-8-10(5-17-20)7-19(3)13-16-6-11(4-14)12(15)18-13/h5-6,8-9H,7H2,1-3H3,(H2,15,16,18). The third kappa shape index (κ3) is 2.85. The topological polar surface area (TPSA) is 96.7 Å². The van der Waals surface area contributed by atoms with Crippen molar-refractivity contribution in [3.8, 4) is 6.07 Å². The molecule has 0 amide bonds. The Morgan fingerprint density at radius 2 is 2.20 bits per heavy atom. The van der Waals surface area contributed by atoms with Gasteiger partial charge in [-0.25, -0.2) is 4.98 Å². The Hall–Kier alpha value is -2.62. The molecule has 0 aliphatic heterocycles. The van der Waals surface area contributed by atoms with Crippen LogP contribution in [-0.4, -0.2) is 26.8 Å². The molecule has 2 heterocycles. The first-order chi connectivity index (χ1) is 9.51. The van der Waals surface area contributed by atoms with Crippen molar-refractivity contribution < 1.29 is 0 Å². The Labute approximate surface area is 117 Å². The van der Waals surface area contributed by atoms with E-state index in [0.29, 0.717) is 18.5 Å². The average molecular weight is 271 g/mol. The van der Waals surface area contributed by atoms with E-state index in [1.165, 1.54) is 6.20 Å². The van der Waals surface area contributed by atoms with Gasteiger partial charge in [-0.05, 0) is 13.8 Å². The molecule has 0 aliphatic carbocycles. The molecule has 2 aromatic heterocycles. The quantitative estimate of drug-likeness (QED) is 0.901. The number of rotatable bonds is 4. The molecule has 0 saturated carbocycles. The van der Waals surface area contributed by atoms with Crippen LogP contribution in [0, 0.1) is 11.3 Å². The maximum absolute atomic E-state index is 8.80. The molecule has 20 heavy (non-hydrogen) atoms. The van der Waals surface area contributed by atoms with E-state index in [1.54, 1.807) is 0 Å². The molecule has 104 valence electrons. The van der Waals surface area contributed by atoms with Crippen LogP contribution in [0.2, 0.25) is 0 Å². The second-order valence-corrected chi connectivity index (χ2v) is 4.86. The van der Waals surface area contributed by atoms with Gasteiger partial charge in [-0.3, -0.25) is 4.68 Å². The zero-order chi connectivity index (χ0) is 14.7. The number of aromatic nitrogens is 4. The molecule has 0 saturated heterocycles. The summed E-state index contributed by atoms with van der Waals surface area (Å²) in [4.78, 5) is 10.1. The average Bonchev–Trinajstić information content (AvgIpc) is 2.87. The molecule has 0 aromatic carbocycles. The Bertz CT molecular complexity index is 638. The zero-order valence-electron chi connectivity index (χ0n) is 11.8. The lowest BCUT2D eigenvalue weighted by molar-refractivity contribution is 0.532. The van der Waals surface area contributed by atoms with Gasteiger partial charge in [0, 0.05) is 31.4 Å². The number of nitrogens with two attached hydrogens (primary N) is 1. The third-order valence-corrected chi connectivity index (χ3v) is 2.87. The maximum atomic E-state index is 8.80. The van der Waals surface area contributed by atoms with Gasteiger partial charge in [0.05, 0.1) is 12.4 Å². The predicted molar refractivity (Wildman–Crippen MR) is 75.9 cm³/mol. The van der Waals surface area contributed by atoms with Crippen LogP contribution in [0.25, 0.3) is 0 Å². The Balaban J connectivity index is 2.13. The summed E-state index contributed by atoms with van der Waals surface area (Å²) in [6.45, 7) is 4.77. The Kier molecular flexibility index (Phi) is 3.84. The normalized spacial score (nSPS) is 10.6. The van der Waals surface area contributed by atoms with Crippen molar-refractivity contribution >= 4 is 11.8 Å². The molecule has 2 rings (SSSR count). The van der Waals surface area contributed by atoms with Gasteiger partial charge in [0.15, 0.2) is 0 Å². The summed E-state index contributed by atoms with van der Waals surface area (Å²) in [5, 5.41) is 13.1. The molecule has 0 unspecified atom stereocenters. The van der Waals surface area contributed by atoms with Gasteiger partial charge in [0.1, 0.15) is 17.5 Å². The zero-order valence-corrected chi connectivity index (χ0v) is 11.8. The smallest absolute Gasteiger partial charge is 0.227 e. The van der Waals surface area contributed by atoms with Crippen LogP contribution in [0.1, 0.15) is 31.0 Å². The predicted octanol–water partition coefficient (Wildman–Crippen LogP) is 1.34. The fourth-order valence-corrected chi connectivity index (χ4v) is 1.74. The van der Waals surface area contributed by atoms with E-state index >= 15 is 0 Å². The van der Waals surface area contributed by atoms with E-state index in [9.17, 15) is 0 Å². The van der Waals surface area contributed by atoms with E-state index < -0.39 is 0 Å². The van der Waals surface area contributed by atoms with Crippen molar-refractivity contribution in [1.82, 2.24) is 19.7 Å². The lowest BCUT2D eigenvalue weighted by Gasteiger charge is -2.16. The van der Waals surface area contributed by atoms with Gasteiger partial charge in [-0.15, -0.1) is 0 Å². The highest BCUT2D eigenvalue weighted by Gasteiger charge is 2.10. The van der Waals surface area contributed by atoms with Crippen LogP contribution in [0.5, 0.6) is 0 Å². The summed E-state index contributed by atoms with van der Waals surface area (Å²) in [6.07, 6.45) is 5.25. The maximum Gasteiger partial charge on any atom is 0.227 e. The molecular weight excluding hydrogens is 254 g/mol. The highest BCUT2D eigenvalue weighted by molar-refractivity contribution is 5.50. The molecule has 0 fully saturated rings. The SMILES string of the molecule is CC(C)n1cc(CN(C)c2ncc(C#N)c(N)n2)cn1. The summed E-state index contributed by atoms with van der Waals surface area (Å²) in [5.74, 6) is 0.682. The molecular formula is C13H17N7. The number of nitriles is 1. The van der Waals surface area contributed by atoms with Crippen LogP contribution in [0.15, 0.2) is 18.6 Å². The summed E-state index contributed by atoms with van der Waals surface area (Å²) in [5.41, 5.74) is 7.04. The lowest BCUT2D eigenvalue weighted by Crippen LogP contribution is -2.19. The summed E-state index contributed by atoms with van der Waals surface area (Å²) < 4.78 is 1.90. The van der Waals surface area contributed by atoms with Crippen LogP contribution < -0.4 is 10.6 Å². The van der Waals surface area contributed by atoms with Gasteiger partial charge >= 0.3 is 0 Å². The monoisotopic (exact) mass is 271 g/mol. The molecule has 0 radical (unpaired) electrons. The molecule has 0 bridgehead atoms. The first kappa shape index (κ1) is 13.8. The van der Waals surface area contributed by atoms with Crippen molar-refractivity contribution in [3.63, 3.8) is 0 Å². The second kappa shape index (κ2) is 5.57. The molecule has 7 nitrogen and oxygen atoms in total. The fourth-order valence-electron chi connectivity index (χ4n) is 1.74. The number of nitrogens with zero attached hydrogens (tertiary/aromatic N) is 6. The van der Waals surface area contributed by atoms with Crippen molar-refractivity contribution in [2.75, 3.05) is 17.7 Å². The Morgan fingerprint density at radius 1 is 1.45 bits per heavy atom. The van der Waals surface area contributed by atoms with Crippen LogP contribution in [0.3, 0.4) is 0 Å². The number of hydrogen-bond acceptors (Lipinski definition) is 6. The summed E-state index contributed by atoms with van der Waals surface area (Å²) in [6, 6.07) is 2.27. The van der Waals surface area contributed by atoms with Crippen LogP contribution >= 0.6 is 0 Å². The van der Waals surface area contributed by atoms with Gasteiger partial charge < -0.3 is 10.6 Å². The van der Waals surface area contributed by atoms with E-state index in [1.807, 2.05) is 35.1 Å². The van der Waals surface area contributed by atoms with E-state index in [0.717, 1.165) is 5.56 Å². The molecule has 7 heteroatoms. The first-order valence-corrected chi connectivity index (χ1v) is 6.28. The van der Waals surface area contributed by atoms with Gasteiger partial charge in [0.2, 0.25) is 5.95 Å². The molecule has 0 spiro atoms.